The second kappa shape index (κ2) is 3.28. The minimum atomic E-state index is 0. The fourth-order valence-corrected chi connectivity index (χ4v) is 0.926. The van der Waals surface area contributed by atoms with Crippen LogP contribution in [0.5, 0.6) is 0 Å². The van der Waals surface area contributed by atoms with Gasteiger partial charge in [-0.3, -0.25) is 0 Å². The van der Waals surface area contributed by atoms with Crippen molar-refractivity contribution < 1.29 is 1.41 Å². The molecule has 0 heterocycles. The first-order valence-corrected chi connectivity index (χ1v) is 2.61. The molecule has 2 heteroatoms. The van der Waals surface area contributed by atoms with Gasteiger partial charge in [-0.1, -0.05) is 12.8 Å². The van der Waals surface area contributed by atoms with Crippen LogP contribution in [0.3, 0.4) is 0 Å². The lowest BCUT2D eigenvalue weighted by Crippen LogP contribution is -2.13. The van der Waals surface area contributed by atoms with Gasteiger partial charge >= 0.3 is 0 Å². The largest absolute Gasteiger partial charge is 0.328 e. The summed E-state index contributed by atoms with van der Waals surface area (Å²) in [4.78, 5) is 0. The van der Waals surface area contributed by atoms with Crippen molar-refractivity contribution in [3.8, 4) is 0 Å². The molecule has 1 aliphatic carbocycles. The average Bonchev–Trinajstić information content (AvgIpc) is 2.14. The molecule has 1 aliphatic rings. The molecule has 7 heavy (non-hydrogen) atoms. The Bertz CT molecular complexity index is 54.4. The molecule has 44 valence electrons. The molecular formula is C5H12ClN. The summed E-state index contributed by atoms with van der Waals surface area (Å²) in [6, 6.07) is 0.514. The lowest BCUT2D eigenvalue weighted by molar-refractivity contribution is 0.704. The van der Waals surface area contributed by atoms with Crippen molar-refractivity contribution in [3.05, 3.63) is 0 Å². The Morgan fingerprint density at radius 3 is 2.29 bits per heavy atom. The summed E-state index contributed by atoms with van der Waals surface area (Å²) in [5.41, 5.74) is 2.51. The minimum Gasteiger partial charge on any atom is -0.328 e. The highest BCUT2D eigenvalue weighted by Crippen LogP contribution is 2.14. The number of hydrogen-bond donors (Lipinski definition) is 1. The predicted octanol–water partition coefficient (Wildman–Crippen LogP) is 1.31. The second-order valence-electron chi connectivity index (χ2n) is 1.98. The van der Waals surface area contributed by atoms with Crippen molar-refractivity contribution in [2.24, 2.45) is 5.73 Å². The fraction of sp³-hybridized carbons (Fsp3) is 1.00. The lowest BCUT2D eigenvalue weighted by atomic mass is 10.3. The van der Waals surface area contributed by atoms with Crippen LogP contribution in [-0.4, -0.2) is 6.04 Å². The Kier molecular flexibility index (Phi) is 2.52. The molecule has 1 nitrogen and oxygen atoms in total. The first-order valence-electron chi connectivity index (χ1n) is 3.11. The third-order valence-corrected chi connectivity index (χ3v) is 1.36. The molecule has 0 atom stereocenters. The van der Waals surface area contributed by atoms with Crippen LogP contribution < -0.4 is 5.73 Å². The van der Waals surface area contributed by atoms with Crippen molar-refractivity contribution in [3.63, 3.8) is 0 Å². The third-order valence-electron chi connectivity index (χ3n) is 1.36. The van der Waals surface area contributed by atoms with Crippen molar-refractivity contribution in [1.82, 2.24) is 0 Å². The molecule has 0 aromatic carbocycles. The highest BCUT2D eigenvalue weighted by Gasteiger charge is 2.07. The van der Waals surface area contributed by atoms with E-state index in [-0.39, 0.29) is 12.4 Å². The molecule has 0 saturated heterocycles. The van der Waals surface area contributed by atoms with E-state index in [0.29, 0.717) is 6.04 Å². The first kappa shape index (κ1) is 5.39. The Balaban J connectivity index is 0.000000490. The Morgan fingerprint density at radius 1 is 1.43 bits per heavy atom. The molecule has 0 unspecified atom stereocenters. The molecule has 0 radical (unpaired) electrons. The van der Waals surface area contributed by atoms with Gasteiger partial charge in [-0.05, 0) is 12.8 Å². The van der Waals surface area contributed by atoms with Crippen LogP contribution in [0.4, 0.5) is 0 Å². The van der Waals surface area contributed by atoms with E-state index in [9.17, 15) is 0 Å². The maximum absolute atomic E-state index is 6.75. The SMILES string of the molecule is Cl.[2H]NC1CCCC1. The van der Waals surface area contributed by atoms with Crippen LogP contribution in [0, 0.1) is 0 Å². The van der Waals surface area contributed by atoms with Gasteiger partial charge in [0.1, 0.15) is 1.41 Å². The monoisotopic (exact) mass is 122 g/mol. The van der Waals surface area contributed by atoms with Gasteiger partial charge in [0.2, 0.25) is 0 Å². The Morgan fingerprint density at radius 2 is 2.00 bits per heavy atom. The molecule has 0 aromatic heterocycles. The van der Waals surface area contributed by atoms with Crippen LogP contribution in [-0.2, 0) is 0 Å². The molecule has 1 fully saturated rings. The predicted molar refractivity (Wildman–Crippen MR) is 33.7 cm³/mol. The van der Waals surface area contributed by atoms with Gasteiger partial charge in [0.05, 0.1) is 0 Å². The van der Waals surface area contributed by atoms with E-state index in [1.807, 2.05) is 0 Å². The zero-order chi connectivity index (χ0) is 5.11. The zero-order valence-corrected chi connectivity index (χ0v) is 5.13. The number of halogens is 1. The van der Waals surface area contributed by atoms with Gasteiger partial charge in [-0.25, -0.2) is 0 Å². The lowest BCUT2D eigenvalue weighted by Gasteiger charge is -1.92. The van der Waals surface area contributed by atoms with Crippen molar-refractivity contribution in [2.45, 2.75) is 31.7 Å². The van der Waals surface area contributed by atoms with Gasteiger partial charge < -0.3 is 5.73 Å². The molecule has 0 aliphatic heterocycles. The first-order chi connectivity index (χ1) is 3.43. The summed E-state index contributed by atoms with van der Waals surface area (Å²) in [6.07, 6.45) is 5.06. The zero-order valence-electron chi connectivity index (χ0n) is 5.31. The van der Waals surface area contributed by atoms with E-state index >= 15 is 0 Å². The summed E-state index contributed by atoms with van der Waals surface area (Å²) in [5.74, 6) is 0. The molecule has 2 N–H and O–H groups in total. The fourth-order valence-electron chi connectivity index (χ4n) is 0.926. The second-order valence-corrected chi connectivity index (χ2v) is 1.98. The summed E-state index contributed by atoms with van der Waals surface area (Å²) in [7, 11) is 0. The van der Waals surface area contributed by atoms with E-state index in [0.717, 1.165) is 0 Å². The van der Waals surface area contributed by atoms with Gasteiger partial charge in [0.25, 0.3) is 0 Å². The molecule has 0 bridgehead atoms. The van der Waals surface area contributed by atoms with E-state index < -0.39 is 0 Å². The molecule has 0 amide bonds. The summed E-state index contributed by atoms with van der Waals surface area (Å²) >= 11 is 0. The molecule has 1 rings (SSSR count). The van der Waals surface area contributed by atoms with E-state index in [4.69, 9.17) is 1.41 Å². The van der Waals surface area contributed by atoms with Gasteiger partial charge in [-0.15, -0.1) is 12.4 Å². The molecule has 1 saturated carbocycles. The summed E-state index contributed by atoms with van der Waals surface area (Å²) in [6.45, 7) is 0. The van der Waals surface area contributed by atoms with Crippen molar-refractivity contribution in [1.29, 1.82) is 0 Å². The van der Waals surface area contributed by atoms with Crippen molar-refractivity contribution >= 4 is 12.4 Å². The number of hydrogen-bond acceptors (Lipinski definition) is 1. The van der Waals surface area contributed by atoms with Crippen LogP contribution in [0.2, 0.25) is 1.41 Å². The highest BCUT2D eigenvalue weighted by molar-refractivity contribution is 5.85. The Labute approximate surface area is 52.1 Å². The smallest absolute Gasteiger partial charge is 0.119 e. The van der Waals surface area contributed by atoms with Gasteiger partial charge in [-0.2, -0.15) is 0 Å². The van der Waals surface area contributed by atoms with E-state index in [1.54, 1.807) is 0 Å². The third kappa shape index (κ3) is 2.15. The topological polar surface area (TPSA) is 26.0 Å². The minimum absolute atomic E-state index is 0. The highest BCUT2D eigenvalue weighted by atomic mass is 35.5. The molecular weight excluding hydrogens is 110 g/mol. The standard InChI is InChI=1S/C5H11N.ClH/c6-5-3-1-2-4-5;/h5H,1-4,6H2;1H/i/hD. The van der Waals surface area contributed by atoms with E-state index in [1.165, 1.54) is 25.7 Å². The number of rotatable bonds is 1. The van der Waals surface area contributed by atoms with E-state index in [2.05, 4.69) is 5.73 Å². The quantitative estimate of drug-likeness (QED) is 0.558. The summed E-state index contributed by atoms with van der Waals surface area (Å²) in [5, 5.41) is 0. The number of nitrogens with two attached hydrogens (primary N) is 1. The summed E-state index contributed by atoms with van der Waals surface area (Å²) < 4.78 is 6.75. The average molecular weight is 123 g/mol. The van der Waals surface area contributed by atoms with Crippen molar-refractivity contribution in [2.75, 3.05) is 0 Å². The normalized spacial score (nSPS) is 23.7. The molecule has 0 spiro atoms. The Hall–Kier alpha value is 0.250. The van der Waals surface area contributed by atoms with Gasteiger partial charge in [0.15, 0.2) is 0 Å². The van der Waals surface area contributed by atoms with Gasteiger partial charge in [0, 0.05) is 6.04 Å². The van der Waals surface area contributed by atoms with Crippen LogP contribution in [0.25, 0.3) is 0 Å². The van der Waals surface area contributed by atoms with Crippen LogP contribution in [0.15, 0.2) is 0 Å². The maximum atomic E-state index is 6.75. The van der Waals surface area contributed by atoms with Crippen LogP contribution >= 0.6 is 12.4 Å². The molecule has 0 aromatic rings. The van der Waals surface area contributed by atoms with Crippen LogP contribution in [0.1, 0.15) is 25.7 Å². The maximum Gasteiger partial charge on any atom is 0.119 e.